The number of likely N-dealkylation sites (tertiary alicyclic amines) is 1. The van der Waals surface area contributed by atoms with Crippen molar-refractivity contribution in [3.63, 3.8) is 0 Å². The lowest BCUT2D eigenvalue weighted by Crippen LogP contribution is -2.49. The van der Waals surface area contributed by atoms with Gasteiger partial charge in [0.25, 0.3) is 0 Å². The van der Waals surface area contributed by atoms with Crippen LogP contribution in [0.2, 0.25) is 0 Å². The molecule has 21 heavy (non-hydrogen) atoms. The lowest BCUT2D eigenvalue weighted by molar-refractivity contribution is 0.331. The summed E-state index contributed by atoms with van der Waals surface area (Å²) in [6, 6.07) is 0. The topological polar surface area (TPSA) is 30.9 Å². The molecule has 1 atom stereocenters. The Balaban J connectivity index is 1.69. The van der Waals surface area contributed by atoms with Gasteiger partial charge in [-0.15, -0.1) is 0 Å². The maximum atomic E-state index is 4.48. The molecule has 2 rings (SSSR count). The zero-order valence-corrected chi connectivity index (χ0v) is 14.8. The van der Waals surface area contributed by atoms with Crippen LogP contribution in [0.1, 0.15) is 33.1 Å². The van der Waals surface area contributed by atoms with Crippen molar-refractivity contribution < 1.29 is 0 Å². The quantitative estimate of drug-likeness (QED) is 0.479. The van der Waals surface area contributed by atoms with E-state index < -0.39 is 0 Å². The van der Waals surface area contributed by atoms with Crippen molar-refractivity contribution in [3.05, 3.63) is 0 Å². The van der Waals surface area contributed by atoms with E-state index in [-0.39, 0.29) is 0 Å². The highest BCUT2D eigenvalue weighted by Gasteiger charge is 2.24. The van der Waals surface area contributed by atoms with Gasteiger partial charge < -0.3 is 15.1 Å². The summed E-state index contributed by atoms with van der Waals surface area (Å²) in [5, 5.41) is 4.30. The Morgan fingerprint density at radius 2 is 2.05 bits per heavy atom. The molecule has 1 unspecified atom stereocenters. The highest BCUT2D eigenvalue weighted by atomic mass is 32.2. The van der Waals surface area contributed by atoms with Gasteiger partial charge in [-0.25, -0.2) is 0 Å². The van der Waals surface area contributed by atoms with E-state index in [0.717, 1.165) is 36.8 Å². The van der Waals surface area contributed by atoms with Crippen LogP contribution < -0.4 is 5.32 Å². The molecule has 0 aliphatic carbocycles. The summed E-state index contributed by atoms with van der Waals surface area (Å²) in [6.07, 6.45) is 3.99. The second-order valence-electron chi connectivity index (χ2n) is 6.48. The van der Waals surface area contributed by atoms with Crippen molar-refractivity contribution in [1.29, 1.82) is 0 Å². The summed E-state index contributed by atoms with van der Waals surface area (Å²) in [6.45, 7) is 11.8. The van der Waals surface area contributed by atoms with Crippen LogP contribution in [0.25, 0.3) is 0 Å². The molecule has 0 aromatic carbocycles. The molecule has 0 aromatic rings. The van der Waals surface area contributed by atoms with Crippen molar-refractivity contribution in [1.82, 2.24) is 15.1 Å². The van der Waals surface area contributed by atoms with Crippen LogP contribution in [-0.4, -0.2) is 73.1 Å². The largest absolute Gasteiger partial charge is 0.356 e. The first-order valence-corrected chi connectivity index (χ1v) is 9.55. The second-order valence-corrected chi connectivity index (χ2v) is 7.82. The Morgan fingerprint density at radius 1 is 1.29 bits per heavy atom. The molecule has 0 bridgehead atoms. The number of aliphatic imine (C=N–C) groups is 1. The molecule has 0 spiro atoms. The molecule has 5 heteroatoms. The highest BCUT2D eigenvalue weighted by molar-refractivity contribution is 8.00. The van der Waals surface area contributed by atoms with E-state index in [2.05, 4.69) is 45.7 Å². The lowest BCUT2D eigenvalue weighted by atomic mass is 10.1. The minimum atomic E-state index is 0.738. The fraction of sp³-hybridized carbons (Fsp3) is 0.938. The first kappa shape index (κ1) is 16.9. The number of nitrogens with one attached hydrogen (secondary N) is 1. The van der Waals surface area contributed by atoms with E-state index >= 15 is 0 Å². The first-order chi connectivity index (χ1) is 10.2. The van der Waals surface area contributed by atoms with Gasteiger partial charge in [-0.1, -0.05) is 13.8 Å². The molecule has 0 aromatic heterocycles. The lowest BCUT2D eigenvalue weighted by Gasteiger charge is -2.36. The normalized spacial score (nSPS) is 24.9. The van der Waals surface area contributed by atoms with Gasteiger partial charge in [-0.05, 0) is 44.8 Å². The fourth-order valence-electron chi connectivity index (χ4n) is 3.11. The zero-order valence-electron chi connectivity index (χ0n) is 14.0. The summed E-state index contributed by atoms with van der Waals surface area (Å²) in [5.74, 6) is 3.06. The van der Waals surface area contributed by atoms with Gasteiger partial charge in [0.05, 0.1) is 0 Å². The number of thioether (sulfide) groups is 1. The van der Waals surface area contributed by atoms with Crippen molar-refractivity contribution in [3.8, 4) is 0 Å². The molecule has 0 radical (unpaired) electrons. The molecule has 1 N–H and O–H groups in total. The highest BCUT2D eigenvalue weighted by Crippen LogP contribution is 2.24. The van der Waals surface area contributed by atoms with Gasteiger partial charge in [0.1, 0.15) is 0 Å². The van der Waals surface area contributed by atoms with Gasteiger partial charge >= 0.3 is 0 Å². The molecule has 2 heterocycles. The molecule has 0 amide bonds. The number of hydrogen-bond donors (Lipinski definition) is 1. The Hall–Kier alpha value is -0.420. The number of hydrogen-bond acceptors (Lipinski definition) is 3. The van der Waals surface area contributed by atoms with Gasteiger partial charge in [-0.2, -0.15) is 11.8 Å². The van der Waals surface area contributed by atoms with Crippen LogP contribution >= 0.6 is 11.8 Å². The van der Waals surface area contributed by atoms with E-state index in [9.17, 15) is 0 Å². The minimum Gasteiger partial charge on any atom is -0.356 e. The number of guanidine groups is 1. The third kappa shape index (κ3) is 5.37. The fourth-order valence-corrected chi connectivity index (χ4v) is 4.41. The molecule has 2 fully saturated rings. The van der Waals surface area contributed by atoms with Crippen LogP contribution in [0.15, 0.2) is 4.99 Å². The summed E-state index contributed by atoms with van der Waals surface area (Å²) >= 11 is 2.12. The number of nitrogens with zero attached hydrogens (tertiary/aromatic N) is 3. The summed E-state index contributed by atoms with van der Waals surface area (Å²) in [5.41, 5.74) is 0. The van der Waals surface area contributed by atoms with E-state index in [1.54, 1.807) is 0 Å². The van der Waals surface area contributed by atoms with Gasteiger partial charge in [0, 0.05) is 37.7 Å². The Bertz CT molecular complexity index is 326. The third-order valence-corrected chi connectivity index (χ3v) is 6.02. The van der Waals surface area contributed by atoms with E-state index in [0.29, 0.717) is 0 Å². The first-order valence-electron chi connectivity index (χ1n) is 8.50. The minimum absolute atomic E-state index is 0.738. The summed E-state index contributed by atoms with van der Waals surface area (Å²) in [7, 11) is 1.91. The smallest absolute Gasteiger partial charge is 0.193 e. The molecular formula is C16H32N4S. The average molecular weight is 313 g/mol. The van der Waals surface area contributed by atoms with E-state index in [1.807, 2.05) is 7.05 Å². The Kier molecular flexibility index (Phi) is 7.17. The molecule has 2 aliphatic rings. The molecular weight excluding hydrogens is 280 g/mol. The molecule has 2 saturated heterocycles. The molecule has 2 aliphatic heterocycles. The Labute approximate surface area is 134 Å². The SMILES string of the molecule is CN=C(NCCCN1CCCC1)N1CCSC(C(C)C)C1. The average Bonchev–Trinajstić information content (AvgIpc) is 3.01. The van der Waals surface area contributed by atoms with E-state index in [4.69, 9.17) is 0 Å². The van der Waals surface area contributed by atoms with Crippen molar-refractivity contribution in [2.24, 2.45) is 10.9 Å². The standard InChI is InChI=1S/C16H32N4S/c1-14(2)15-13-20(11-12-21-15)16(17-3)18-7-6-10-19-8-4-5-9-19/h14-15H,4-13H2,1-3H3,(H,17,18). The predicted molar refractivity (Wildman–Crippen MR) is 94.3 cm³/mol. The summed E-state index contributed by atoms with van der Waals surface area (Å²) in [4.78, 5) is 9.51. The van der Waals surface area contributed by atoms with Crippen LogP contribution in [0.5, 0.6) is 0 Å². The molecule has 0 saturated carbocycles. The van der Waals surface area contributed by atoms with Gasteiger partial charge in [0.2, 0.25) is 0 Å². The van der Waals surface area contributed by atoms with Crippen LogP contribution in [0.4, 0.5) is 0 Å². The van der Waals surface area contributed by atoms with Crippen LogP contribution in [0.3, 0.4) is 0 Å². The van der Waals surface area contributed by atoms with Gasteiger partial charge in [-0.3, -0.25) is 4.99 Å². The molecule has 4 nitrogen and oxygen atoms in total. The van der Waals surface area contributed by atoms with E-state index in [1.165, 1.54) is 44.6 Å². The maximum Gasteiger partial charge on any atom is 0.193 e. The molecule has 122 valence electrons. The van der Waals surface area contributed by atoms with Crippen molar-refractivity contribution >= 4 is 17.7 Å². The zero-order chi connectivity index (χ0) is 15.1. The number of rotatable bonds is 5. The van der Waals surface area contributed by atoms with Gasteiger partial charge in [0.15, 0.2) is 5.96 Å². The predicted octanol–water partition coefficient (Wildman–Crippen LogP) is 2.12. The monoisotopic (exact) mass is 312 g/mol. The third-order valence-electron chi connectivity index (χ3n) is 4.48. The summed E-state index contributed by atoms with van der Waals surface area (Å²) < 4.78 is 0. The van der Waals surface area contributed by atoms with Crippen LogP contribution in [-0.2, 0) is 0 Å². The Morgan fingerprint density at radius 3 is 2.71 bits per heavy atom. The van der Waals surface area contributed by atoms with Crippen molar-refractivity contribution in [2.45, 2.75) is 38.4 Å². The van der Waals surface area contributed by atoms with Crippen LogP contribution in [0, 0.1) is 5.92 Å². The second kappa shape index (κ2) is 8.89. The van der Waals surface area contributed by atoms with Crippen molar-refractivity contribution in [2.75, 3.05) is 52.1 Å². The maximum absolute atomic E-state index is 4.48.